The highest BCUT2D eigenvalue weighted by atomic mass is 16.5. The van der Waals surface area contributed by atoms with Gasteiger partial charge in [-0.3, -0.25) is 9.59 Å². The summed E-state index contributed by atoms with van der Waals surface area (Å²) in [5.41, 5.74) is 4.43. The van der Waals surface area contributed by atoms with Crippen molar-refractivity contribution in [3.05, 3.63) is 120 Å². The van der Waals surface area contributed by atoms with Crippen LogP contribution < -0.4 is 9.47 Å². The molecule has 0 amide bonds. The molecule has 9 heteroatoms. The van der Waals surface area contributed by atoms with Crippen molar-refractivity contribution < 1.29 is 38.1 Å². The molecule has 0 saturated carbocycles. The van der Waals surface area contributed by atoms with Gasteiger partial charge in [-0.15, -0.1) is 0 Å². The molecule has 3 rings (SSSR count). The zero-order valence-electron chi connectivity index (χ0n) is 23.7. The largest absolute Gasteiger partial charge is 0.423 e. The van der Waals surface area contributed by atoms with E-state index in [0.29, 0.717) is 29.2 Å². The van der Waals surface area contributed by atoms with Crippen molar-refractivity contribution in [2.24, 2.45) is 0 Å². The van der Waals surface area contributed by atoms with Crippen LogP contribution >= 0.6 is 0 Å². The van der Waals surface area contributed by atoms with Gasteiger partial charge in [-0.25, -0.2) is 9.59 Å². The molecular weight excluding hydrogens is 538 g/mol. The summed E-state index contributed by atoms with van der Waals surface area (Å²) in [5.74, 6) is -0.233. The topological polar surface area (TPSA) is 129 Å². The first kappa shape index (κ1) is 35.0. The maximum Gasteiger partial charge on any atom is 0.335 e. The summed E-state index contributed by atoms with van der Waals surface area (Å²) >= 11 is 0. The summed E-state index contributed by atoms with van der Waals surface area (Å²) in [4.78, 5) is 42.0. The van der Waals surface area contributed by atoms with E-state index >= 15 is 0 Å². The summed E-state index contributed by atoms with van der Waals surface area (Å²) < 4.78 is 19.7. The van der Waals surface area contributed by atoms with E-state index in [1.165, 1.54) is 11.8 Å². The van der Waals surface area contributed by atoms with Crippen molar-refractivity contribution in [2.75, 3.05) is 27.4 Å². The minimum Gasteiger partial charge on any atom is -0.423 e. The molecule has 0 saturated heterocycles. The molecule has 220 valence electrons. The van der Waals surface area contributed by atoms with E-state index in [9.17, 15) is 19.2 Å². The van der Waals surface area contributed by atoms with Crippen LogP contribution in [0.25, 0.3) is 0 Å². The second kappa shape index (κ2) is 20.8. The van der Waals surface area contributed by atoms with E-state index in [-0.39, 0.29) is 0 Å². The number of ether oxygens (including phenoxy) is 4. The summed E-state index contributed by atoms with van der Waals surface area (Å²) in [6.45, 7) is 7.93. The first-order chi connectivity index (χ1) is 20.3. The molecule has 0 fully saturated rings. The molecule has 0 aromatic heterocycles. The first-order valence-electron chi connectivity index (χ1n) is 12.7. The molecule has 0 atom stereocenters. The number of nitrogens with one attached hydrogen (secondary N) is 1. The highest BCUT2D eigenvalue weighted by Crippen LogP contribution is 2.13. The number of benzene rings is 3. The molecule has 9 nitrogen and oxygen atoms in total. The maximum absolute atomic E-state index is 10.7. The Hall–Kier alpha value is -4.99. The minimum atomic E-state index is -0.515. The normalized spacial score (nSPS) is 9.48. The monoisotopic (exact) mass is 573 g/mol. The van der Waals surface area contributed by atoms with Gasteiger partial charge in [0.25, 0.3) is 0 Å². The molecule has 0 heterocycles. The number of carbonyl (C=O) groups excluding carboxylic acids is 4. The summed E-state index contributed by atoms with van der Waals surface area (Å²) in [7, 11) is 3.39. The molecule has 0 radical (unpaired) electrons. The number of aldehydes is 2. The first-order valence-corrected chi connectivity index (χ1v) is 12.7. The molecule has 0 aliphatic carbocycles. The van der Waals surface area contributed by atoms with Gasteiger partial charge in [-0.1, -0.05) is 25.3 Å². The Morgan fingerprint density at radius 1 is 0.714 bits per heavy atom. The fraction of sp³-hybridized carbons (Fsp3) is 0.182. The Morgan fingerprint density at radius 2 is 1.17 bits per heavy atom. The number of methoxy groups -OCH3 is 2. The Kier molecular flexibility index (Phi) is 17.4. The van der Waals surface area contributed by atoms with Crippen molar-refractivity contribution in [2.45, 2.75) is 12.8 Å². The van der Waals surface area contributed by atoms with Gasteiger partial charge in [0.15, 0.2) is 0 Å². The second-order valence-electron chi connectivity index (χ2n) is 8.29. The zero-order chi connectivity index (χ0) is 31.2. The third-order valence-electron chi connectivity index (χ3n) is 5.34. The van der Waals surface area contributed by atoms with Crippen molar-refractivity contribution >= 4 is 30.7 Å². The fourth-order valence-corrected chi connectivity index (χ4v) is 3.14. The molecule has 3 aromatic rings. The number of carbonyl (C=O) groups is 4. The van der Waals surface area contributed by atoms with Gasteiger partial charge in [0.1, 0.15) is 24.1 Å². The molecule has 42 heavy (non-hydrogen) atoms. The van der Waals surface area contributed by atoms with Crippen LogP contribution in [0, 0.1) is 5.41 Å². The van der Waals surface area contributed by atoms with Crippen molar-refractivity contribution in [1.29, 1.82) is 5.41 Å². The third kappa shape index (κ3) is 13.9. The molecule has 3 aromatic carbocycles. The lowest BCUT2D eigenvalue weighted by Crippen LogP contribution is -2.02. The van der Waals surface area contributed by atoms with Gasteiger partial charge < -0.3 is 24.4 Å². The minimum absolute atomic E-state index is 0.399. The molecular formula is C33H35NO8. The number of rotatable bonds is 13. The van der Waals surface area contributed by atoms with Gasteiger partial charge in [-0.05, 0) is 84.1 Å². The predicted octanol–water partition coefficient (Wildman–Crippen LogP) is 5.24. The Labute approximate surface area is 245 Å². The highest BCUT2D eigenvalue weighted by Gasteiger charge is 2.02. The van der Waals surface area contributed by atoms with E-state index in [4.69, 9.17) is 24.4 Å². The number of hydrogen-bond acceptors (Lipinski definition) is 9. The Morgan fingerprint density at radius 3 is 1.55 bits per heavy atom. The lowest BCUT2D eigenvalue weighted by Gasteiger charge is -2.08. The van der Waals surface area contributed by atoms with Gasteiger partial charge >= 0.3 is 11.9 Å². The average molecular weight is 574 g/mol. The summed E-state index contributed by atoms with van der Waals surface area (Å²) in [5, 5.41) is 7.40. The van der Waals surface area contributed by atoms with Gasteiger partial charge in [0.2, 0.25) is 0 Å². The molecule has 0 aliphatic rings. The lowest BCUT2D eigenvalue weighted by atomic mass is 10.0. The van der Waals surface area contributed by atoms with E-state index in [2.05, 4.69) is 31.4 Å². The average Bonchev–Trinajstić information content (AvgIpc) is 3.04. The van der Waals surface area contributed by atoms with E-state index in [1.54, 1.807) is 62.8 Å². The van der Waals surface area contributed by atoms with Crippen LogP contribution in [0.4, 0.5) is 0 Å². The van der Waals surface area contributed by atoms with Crippen molar-refractivity contribution in [3.63, 3.8) is 0 Å². The molecule has 0 spiro atoms. The standard InChI is InChI=1S/C13H19NO2.2C10H8O3/c1-15-7-5-11-3-4-12(6-8-16-2)13(9-11)10-14;2*1-2-10(12)13-9-5-3-8(7-11)4-6-9/h3-4,9-10,14H,5-8H2,1-2H3;2*2-7H,1H2. The molecule has 0 aliphatic heterocycles. The zero-order valence-corrected chi connectivity index (χ0v) is 23.7. The van der Waals surface area contributed by atoms with Crippen molar-refractivity contribution in [3.8, 4) is 11.5 Å². The van der Waals surface area contributed by atoms with E-state index in [0.717, 1.165) is 55.3 Å². The van der Waals surface area contributed by atoms with Crippen LogP contribution in [0.5, 0.6) is 11.5 Å². The SMILES string of the molecule is C=CC(=O)Oc1ccc(C=O)cc1.C=CC(=O)Oc1ccc(C=O)cc1.COCCc1ccc(CCOC)c(C=N)c1. The molecule has 1 N–H and O–H groups in total. The predicted molar refractivity (Wildman–Crippen MR) is 161 cm³/mol. The smallest absolute Gasteiger partial charge is 0.335 e. The Balaban J connectivity index is 0.000000318. The van der Waals surface area contributed by atoms with Gasteiger partial charge in [0.05, 0.1) is 13.2 Å². The van der Waals surface area contributed by atoms with Crippen LogP contribution in [-0.2, 0) is 31.9 Å². The summed E-state index contributed by atoms with van der Waals surface area (Å²) in [6.07, 6.45) is 6.74. The van der Waals surface area contributed by atoms with Crippen LogP contribution in [0.1, 0.15) is 37.4 Å². The second-order valence-corrected chi connectivity index (χ2v) is 8.29. The van der Waals surface area contributed by atoms with Gasteiger partial charge in [0, 0.05) is 43.7 Å². The van der Waals surface area contributed by atoms with E-state index < -0.39 is 11.9 Å². The highest BCUT2D eigenvalue weighted by molar-refractivity contribution is 5.84. The van der Waals surface area contributed by atoms with Crippen molar-refractivity contribution in [1.82, 2.24) is 0 Å². The third-order valence-corrected chi connectivity index (χ3v) is 5.34. The number of esters is 2. The summed E-state index contributed by atoms with van der Waals surface area (Å²) in [6, 6.07) is 18.7. The fourth-order valence-electron chi connectivity index (χ4n) is 3.14. The Bertz CT molecular complexity index is 1250. The van der Waals surface area contributed by atoms with Crippen LogP contribution in [-0.4, -0.2) is 58.2 Å². The molecule has 0 unspecified atom stereocenters. The quantitative estimate of drug-likeness (QED) is 0.0966. The van der Waals surface area contributed by atoms with E-state index in [1.807, 2.05) is 0 Å². The maximum atomic E-state index is 10.7. The molecule has 0 bridgehead atoms. The number of hydrogen-bond donors (Lipinski definition) is 1. The van der Waals surface area contributed by atoms with Crippen LogP contribution in [0.2, 0.25) is 0 Å². The van der Waals surface area contributed by atoms with Gasteiger partial charge in [-0.2, -0.15) is 0 Å². The lowest BCUT2D eigenvalue weighted by molar-refractivity contribution is -0.129. The van der Waals surface area contributed by atoms with Crippen LogP contribution in [0.3, 0.4) is 0 Å². The van der Waals surface area contributed by atoms with Crippen LogP contribution in [0.15, 0.2) is 92.0 Å².